The number of unbranched alkanes of at least 4 members (excludes halogenated alkanes) is 1. The zero-order valence-electron chi connectivity index (χ0n) is 16.7. The van der Waals surface area contributed by atoms with E-state index in [0.717, 1.165) is 19.3 Å². The third-order valence-electron chi connectivity index (χ3n) is 4.46. The second-order valence-electron chi connectivity index (χ2n) is 6.57. The lowest BCUT2D eigenvalue weighted by Gasteiger charge is -2.13. The lowest BCUT2D eigenvalue weighted by Crippen LogP contribution is -2.06. The first kappa shape index (κ1) is 21.3. The Morgan fingerprint density at radius 2 is 1.80 bits per heavy atom. The van der Waals surface area contributed by atoms with Gasteiger partial charge in [0.05, 0.1) is 17.7 Å². The Bertz CT molecular complexity index is 1030. The van der Waals surface area contributed by atoms with Crippen molar-refractivity contribution in [3.63, 3.8) is 0 Å². The van der Waals surface area contributed by atoms with Crippen LogP contribution in [0.2, 0.25) is 5.02 Å². The zero-order chi connectivity index (χ0) is 21.5. The van der Waals surface area contributed by atoms with E-state index in [1.807, 2.05) is 24.3 Å². The number of aryl methyl sites for hydroxylation is 1. The summed E-state index contributed by atoms with van der Waals surface area (Å²) < 4.78 is 5.29. The Kier molecular flexibility index (Phi) is 7.03. The van der Waals surface area contributed by atoms with Gasteiger partial charge in [-0.3, -0.25) is 10.1 Å². The molecule has 0 aliphatic heterocycles. The molecule has 8 nitrogen and oxygen atoms in total. The topological polar surface area (TPSA) is 102 Å². The smallest absolute Gasteiger partial charge is 0.353 e. The van der Waals surface area contributed by atoms with Crippen LogP contribution < -0.4 is 15.4 Å². The predicted molar refractivity (Wildman–Crippen MR) is 118 cm³/mol. The van der Waals surface area contributed by atoms with Crippen LogP contribution in [-0.4, -0.2) is 22.0 Å². The number of nitrogens with zero attached hydrogens (tertiary/aromatic N) is 3. The van der Waals surface area contributed by atoms with Crippen molar-refractivity contribution in [3.8, 4) is 5.75 Å². The van der Waals surface area contributed by atoms with Crippen LogP contribution in [0.25, 0.3) is 0 Å². The van der Waals surface area contributed by atoms with Crippen molar-refractivity contribution >= 4 is 40.3 Å². The van der Waals surface area contributed by atoms with Crippen LogP contribution in [0.3, 0.4) is 0 Å². The van der Waals surface area contributed by atoms with Gasteiger partial charge in [-0.1, -0.05) is 37.1 Å². The number of benzene rings is 2. The highest BCUT2D eigenvalue weighted by atomic mass is 35.5. The maximum absolute atomic E-state index is 11.8. The minimum Gasteiger partial charge on any atom is -0.495 e. The summed E-state index contributed by atoms with van der Waals surface area (Å²) in [4.78, 5) is 19.4. The second-order valence-corrected chi connectivity index (χ2v) is 7.01. The Morgan fingerprint density at radius 3 is 2.43 bits per heavy atom. The monoisotopic (exact) mass is 427 g/mol. The number of anilines is 4. The first-order valence-electron chi connectivity index (χ1n) is 9.47. The van der Waals surface area contributed by atoms with Gasteiger partial charge < -0.3 is 15.4 Å². The first-order chi connectivity index (χ1) is 14.5. The Hall–Kier alpha value is -3.39. The molecular formula is C21H22ClN5O3. The fraction of sp³-hybridized carbons (Fsp3) is 0.238. The van der Waals surface area contributed by atoms with Crippen molar-refractivity contribution < 1.29 is 9.66 Å². The number of rotatable bonds is 9. The van der Waals surface area contributed by atoms with E-state index < -0.39 is 4.92 Å². The second kappa shape index (κ2) is 9.89. The van der Waals surface area contributed by atoms with Crippen molar-refractivity contribution in [2.45, 2.75) is 26.2 Å². The summed E-state index contributed by atoms with van der Waals surface area (Å²) in [5, 5.41) is 18.2. The summed E-state index contributed by atoms with van der Waals surface area (Å²) in [7, 11) is 1.50. The van der Waals surface area contributed by atoms with Crippen molar-refractivity contribution in [2.24, 2.45) is 0 Å². The zero-order valence-corrected chi connectivity index (χ0v) is 17.4. The standard InChI is InChI=1S/C21H22ClN5O3/c1-3-4-5-14-6-9-16(10-7-14)25-20-19(27(28)29)21(24-13-23-20)26-17-12-15(22)8-11-18(17)30-2/h6-13H,3-5H2,1-2H3,(H2,23,24,25,26). The molecule has 9 heteroatoms. The molecule has 2 aromatic carbocycles. The highest BCUT2D eigenvalue weighted by molar-refractivity contribution is 6.31. The number of hydrogen-bond donors (Lipinski definition) is 2. The molecule has 0 radical (unpaired) electrons. The average molecular weight is 428 g/mol. The maximum atomic E-state index is 11.8. The molecule has 0 aliphatic carbocycles. The van der Waals surface area contributed by atoms with Gasteiger partial charge in [0.25, 0.3) is 0 Å². The van der Waals surface area contributed by atoms with Gasteiger partial charge in [0, 0.05) is 10.7 Å². The van der Waals surface area contributed by atoms with Crippen LogP contribution in [0, 0.1) is 10.1 Å². The van der Waals surface area contributed by atoms with Crippen LogP contribution in [0.15, 0.2) is 48.8 Å². The van der Waals surface area contributed by atoms with Gasteiger partial charge in [-0.2, -0.15) is 0 Å². The van der Waals surface area contributed by atoms with Crippen molar-refractivity contribution in [1.29, 1.82) is 0 Å². The summed E-state index contributed by atoms with van der Waals surface area (Å²) in [6.07, 6.45) is 4.50. The highest BCUT2D eigenvalue weighted by Gasteiger charge is 2.24. The molecule has 2 N–H and O–H groups in total. The molecule has 0 spiro atoms. The minimum atomic E-state index is -0.530. The van der Waals surface area contributed by atoms with Gasteiger partial charge >= 0.3 is 5.69 Å². The Morgan fingerprint density at radius 1 is 1.10 bits per heavy atom. The molecule has 0 saturated carbocycles. The normalized spacial score (nSPS) is 10.5. The van der Waals surface area contributed by atoms with Gasteiger partial charge in [-0.05, 0) is 48.7 Å². The van der Waals surface area contributed by atoms with Gasteiger partial charge in [0.1, 0.15) is 12.1 Å². The fourth-order valence-corrected chi connectivity index (χ4v) is 3.08. The van der Waals surface area contributed by atoms with E-state index in [1.165, 1.54) is 19.0 Å². The van der Waals surface area contributed by atoms with E-state index in [0.29, 0.717) is 22.1 Å². The largest absolute Gasteiger partial charge is 0.495 e. The van der Waals surface area contributed by atoms with Gasteiger partial charge in [0.2, 0.25) is 11.6 Å². The predicted octanol–water partition coefficient (Wildman–Crippen LogP) is 5.88. The molecule has 1 aromatic heterocycles. The summed E-state index contributed by atoms with van der Waals surface area (Å²) in [5.74, 6) is 0.585. The molecule has 3 rings (SSSR count). The molecule has 0 unspecified atom stereocenters. The van der Waals surface area contributed by atoms with E-state index in [1.54, 1.807) is 18.2 Å². The molecular weight excluding hydrogens is 406 g/mol. The quantitative estimate of drug-likeness (QED) is 0.325. The van der Waals surface area contributed by atoms with Crippen LogP contribution in [0.1, 0.15) is 25.3 Å². The molecule has 0 fully saturated rings. The number of ether oxygens (including phenoxy) is 1. The fourth-order valence-electron chi connectivity index (χ4n) is 2.91. The summed E-state index contributed by atoms with van der Waals surface area (Å²) in [5.41, 5.74) is 2.09. The number of nitro groups is 1. The van der Waals surface area contributed by atoms with Crippen LogP contribution in [0.4, 0.5) is 28.7 Å². The third kappa shape index (κ3) is 5.15. The molecule has 0 amide bonds. The number of methoxy groups -OCH3 is 1. The Labute approximate surface area is 179 Å². The van der Waals surface area contributed by atoms with Gasteiger partial charge in [-0.25, -0.2) is 9.97 Å². The highest BCUT2D eigenvalue weighted by Crippen LogP contribution is 2.36. The maximum Gasteiger partial charge on any atom is 0.353 e. The lowest BCUT2D eigenvalue weighted by atomic mass is 10.1. The van der Waals surface area contributed by atoms with Crippen LogP contribution in [-0.2, 0) is 6.42 Å². The SMILES string of the molecule is CCCCc1ccc(Nc2ncnc(Nc3cc(Cl)ccc3OC)c2[N+](=O)[O-])cc1. The number of nitrogens with one attached hydrogen (secondary N) is 2. The van der Waals surface area contributed by atoms with Gasteiger partial charge in [0.15, 0.2) is 0 Å². The summed E-state index contributed by atoms with van der Waals surface area (Å²) in [6, 6.07) is 12.7. The lowest BCUT2D eigenvalue weighted by molar-refractivity contribution is -0.383. The van der Waals surface area contributed by atoms with E-state index in [2.05, 4.69) is 27.5 Å². The summed E-state index contributed by atoms with van der Waals surface area (Å²) in [6.45, 7) is 2.15. The molecule has 156 valence electrons. The molecule has 30 heavy (non-hydrogen) atoms. The molecule has 3 aromatic rings. The van der Waals surface area contributed by atoms with E-state index in [4.69, 9.17) is 16.3 Å². The van der Waals surface area contributed by atoms with Crippen molar-refractivity contribution in [1.82, 2.24) is 9.97 Å². The van der Waals surface area contributed by atoms with Crippen molar-refractivity contribution in [3.05, 3.63) is 69.5 Å². The number of aromatic nitrogens is 2. The minimum absolute atomic E-state index is 0.0256. The summed E-state index contributed by atoms with van der Waals surface area (Å²) >= 11 is 6.05. The molecule has 0 atom stereocenters. The van der Waals surface area contributed by atoms with Gasteiger partial charge in [-0.15, -0.1) is 0 Å². The molecule has 0 saturated heterocycles. The number of halogens is 1. The molecule has 0 aliphatic rings. The van der Waals surface area contributed by atoms with E-state index in [-0.39, 0.29) is 17.3 Å². The first-order valence-corrected chi connectivity index (χ1v) is 9.85. The average Bonchev–Trinajstić information content (AvgIpc) is 2.73. The molecule has 1 heterocycles. The Balaban J connectivity index is 1.90. The van der Waals surface area contributed by atoms with Crippen LogP contribution in [0.5, 0.6) is 5.75 Å². The van der Waals surface area contributed by atoms with Crippen LogP contribution >= 0.6 is 11.6 Å². The number of hydrogen-bond acceptors (Lipinski definition) is 7. The van der Waals surface area contributed by atoms with E-state index >= 15 is 0 Å². The molecule has 0 bridgehead atoms. The van der Waals surface area contributed by atoms with Crippen molar-refractivity contribution in [2.75, 3.05) is 17.7 Å². The third-order valence-corrected chi connectivity index (χ3v) is 4.69. The van der Waals surface area contributed by atoms with E-state index in [9.17, 15) is 10.1 Å².